The molecule has 0 spiro atoms. The summed E-state index contributed by atoms with van der Waals surface area (Å²) < 4.78 is 5.01. The Morgan fingerprint density at radius 2 is 2.00 bits per heavy atom. The summed E-state index contributed by atoms with van der Waals surface area (Å²) in [6.45, 7) is 3.26. The highest BCUT2D eigenvalue weighted by atomic mass is 31.0. The molecule has 90 valence electrons. The summed E-state index contributed by atoms with van der Waals surface area (Å²) in [5.74, 6) is -1.98. The minimum absolute atomic E-state index is 0.0614. The molecule has 0 aromatic heterocycles. The number of hydrogen-bond donors (Lipinski definition) is 1. The van der Waals surface area contributed by atoms with E-state index in [0.717, 1.165) is 6.08 Å². The van der Waals surface area contributed by atoms with E-state index in [1.165, 1.54) is 0 Å². The van der Waals surface area contributed by atoms with Gasteiger partial charge in [-0.1, -0.05) is 36.9 Å². The van der Waals surface area contributed by atoms with Crippen molar-refractivity contribution in [1.82, 2.24) is 0 Å². The van der Waals surface area contributed by atoms with E-state index >= 15 is 0 Å². The van der Waals surface area contributed by atoms with Crippen LogP contribution in [-0.4, -0.2) is 23.2 Å². The van der Waals surface area contributed by atoms with Crippen molar-refractivity contribution in [2.45, 2.75) is 5.60 Å². The predicted octanol–water partition coefficient (Wildman–Crippen LogP) is 1.57. The van der Waals surface area contributed by atoms with Crippen LogP contribution in [0.15, 0.2) is 43.0 Å². The fourth-order valence-corrected chi connectivity index (χ4v) is 1.89. The summed E-state index contributed by atoms with van der Waals surface area (Å²) in [7, 11) is 2.28. The van der Waals surface area contributed by atoms with Crippen LogP contribution in [0.3, 0.4) is 0 Å². The van der Waals surface area contributed by atoms with Crippen LogP contribution in [0.2, 0.25) is 0 Å². The van der Waals surface area contributed by atoms with E-state index in [2.05, 4.69) is 15.8 Å². The first-order valence-electron chi connectivity index (χ1n) is 4.91. The van der Waals surface area contributed by atoms with E-state index in [1.807, 2.05) is 0 Å². The van der Waals surface area contributed by atoms with Gasteiger partial charge >= 0.3 is 11.9 Å². The molecule has 1 aromatic rings. The van der Waals surface area contributed by atoms with Gasteiger partial charge in [0, 0.05) is 17.8 Å². The minimum Gasteiger partial charge on any atom is -0.478 e. The predicted molar refractivity (Wildman–Crippen MR) is 66.6 cm³/mol. The van der Waals surface area contributed by atoms with Crippen molar-refractivity contribution in [3.05, 3.63) is 48.6 Å². The maximum atomic E-state index is 11.4. The molecule has 0 aliphatic heterocycles. The fraction of sp³-hybridized carbons (Fsp3) is 0.167. The van der Waals surface area contributed by atoms with E-state index in [-0.39, 0.29) is 6.16 Å². The summed E-state index contributed by atoms with van der Waals surface area (Å²) in [5.41, 5.74) is -1.27. The topological polar surface area (TPSA) is 63.6 Å². The molecule has 0 heterocycles. The molecule has 17 heavy (non-hydrogen) atoms. The van der Waals surface area contributed by atoms with Crippen molar-refractivity contribution >= 4 is 21.2 Å². The Balaban J connectivity index is 3.23. The van der Waals surface area contributed by atoms with Crippen LogP contribution in [-0.2, 0) is 19.9 Å². The van der Waals surface area contributed by atoms with Gasteiger partial charge in [-0.15, -0.1) is 9.24 Å². The molecule has 0 bridgehead atoms. The zero-order valence-electron chi connectivity index (χ0n) is 9.13. The van der Waals surface area contributed by atoms with Crippen molar-refractivity contribution in [2.75, 3.05) is 6.16 Å². The Hall–Kier alpha value is -1.67. The quantitative estimate of drug-likeness (QED) is 0.491. The zero-order valence-corrected chi connectivity index (χ0v) is 10.3. The van der Waals surface area contributed by atoms with Crippen molar-refractivity contribution in [2.24, 2.45) is 0 Å². The maximum absolute atomic E-state index is 11.4. The van der Waals surface area contributed by atoms with Crippen LogP contribution in [0, 0.1) is 0 Å². The molecule has 0 amide bonds. The molecule has 1 aromatic carbocycles. The molecule has 5 heteroatoms. The molecule has 0 radical (unpaired) electrons. The third-order valence-corrected chi connectivity index (χ3v) is 2.89. The number of benzene rings is 1. The lowest BCUT2D eigenvalue weighted by molar-refractivity contribution is -0.174. The monoisotopic (exact) mass is 252 g/mol. The zero-order chi connectivity index (χ0) is 12.9. The maximum Gasteiger partial charge on any atom is 0.353 e. The van der Waals surface area contributed by atoms with Crippen LogP contribution in [0.5, 0.6) is 0 Å². The fourth-order valence-electron chi connectivity index (χ4n) is 1.39. The standard InChI is InChI=1S/C12H13O4P/c1-2-10(13)16-12(8-17,11(14)15)9-6-4-3-5-7-9/h2-7H,1,8,17H2,(H,14,15). The van der Waals surface area contributed by atoms with Gasteiger partial charge in [0.25, 0.3) is 0 Å². The van der Waals surface area contributed by atoms with Gasteiger partial charge in [-0.3, -0.25) is 0 Å². The second-order valence-corrected chi connectivity index (χ2v) is 3.74. The number of carboxylic acid groups (broad SMARTS) is 1. The van der Waals surface area contributed by atoms with Crippen molar-refractivity contribution in [3.63, 3.8) is 0 Å². The van der Waals surface area contributed by atoms with E-state index < -0.39 is 17.5 Å². The summed E-state index contributed by atoms with van der Waals surface area (Å²) in [4.78, 5) is 22.6. The molecule has 0 saturated heterocycles. The van der Waals surface area contributed by atoms with E-state index in [1.54, 1.807) is 30.3 Å². The number of rotatable bonds is 5. The first kappa shape index (κ1) is 13.4. The molecule has 1 rings (SSSR count). The Labute approximate surface area is 101 Å². The summed E-state index contributed by atoms with van der Waals surface area (Å²) in [6.07, 6.45) is 1.01. The number of aliphatic carboxylic acids is 1. The first-order chi connectivity index (χ1) is 8.06. The second-order valence-electron chi connectivity index (χ2n) is 3.33. The number of carbonyl (C=O) groups is 2. The van der Waals surface area contributed by atoms with Crippen molar-refractivity contribution < 1.29 is 19.4 Å². The van der Waals surface area contributed by atoms with E-state index in [0.29, 0.717) is 5.56 Å². The van der Waals surface area contributed by atoms with Gasteiger partial charge in [0.1, 0.15) is 0 Å². The van der Waals surface area contributed by atoms with Gasteiger partial charge in [-0.25, -0.2) is 9.59 Å². The average molecular weight is 252 g/mol. The lowest BCUT2D eigenvalue weighted by Gasteiger charge is -2.27. The van der Waals surface area contributed by atoms with Crippen LogP contribution in [0.25, 0.3) is 0 Å². The molecule has 1 N–H and O–H groups in total. The third-order valence-electron chi connectivity index (χ3n) is 2.31. The largest absolute Gasteiger partial charge is 0.478 e. The van der Waals surface area contributed by atoms with Gasteiger partial charge in [0.2, 0.25) is 5.60 Å². The first-order valence-corrected chi connectivity index (χ1v) is 5.73. The van der Waals surface area contributed by atoms with Crippen LogP contribution in [0.1, 0.15) is 5.56 Å². The SMILES string of the molecule is C=CC(=O)OC(CP)(C(=O)O)c1ccccc1. The summed E-state index contributed by atoms with van der Waals surface area (Å²) in [6, 6.07) is 8.35. The Morgan fingerprint density at radius 1 is 1.41 bits per heavy atom. The van der Waals surface area contributed by atoms with Crippen molar-refractivity contribution in [1.29, 1.82) is 0 Å². The molecule has 2 atom stereocenters. The number of hydrogen-bond acceptors (Lipinski definition) is 3. The lowest BCUT2D eigenvalue weighted by Crippen LogP contribution is -2.42. The smallest absolute Gasteiger partial charge is 0.353 e. The molecule has 0 aliphatic rings. The highest BCUT2D eigenvalue weighted by molar-refractivity contribution is 7.16. The number of ether oxygens (including phenoxy) is 1. The highest BCUT2D eigenvalue weighted by Crippen LogP contribution is 2.29. The molecule has 0 saturated carbocycles. The van der Waals surface area contributed by atoms with E-state index in [9.17, 15) is 14.7 Å². The third kappa shape index (κ3) is 2.71. The van der Waals surface area contributed by atoms with Gasteiger partial charge in [0.05, 0.1) is 0 Å². The Bertz CT molecular complexity index is 429. The van der Waals surface area contributed by atoms with Crippen LogP contribution in [0.4, 0.5) is 0 Å². The van der Waals surface area contributed by atoms with Crippen LogP contribution >= 0.6 is 9.24 Å². The molecular weight excluding hydrogens is 239 g/mol. The van der Waals surface area contributed by atoms with Gasteiger partial charge in [0.15, 0.2) is 0 Å². The van der Waals surface area contributed by atoms with Gasteiger partial charge in [-0.2, -0.15) is 0 Å². The second kappa shape index (κ2) is 5.60. The Morgan fingerprint density at radius 3 is 2.41 bits per heavy atom. The van der Waals surface area contributed by atoms with Gasteiger partial charge in [-0.05, 0) is 0 Å². The van der Waals surface area contributed by atoms with Gasteiger partial charge < -0.3 is 9.84 Å². The lowest BCUT2D eigenvalue weighted by atomic mass is 9.95. The van der Waals surface area contributed by atoms with Crippen molar-refractivity contribution in [3.8, 4) is 0 Å². The number of carbonyl (C=O) groups excluding carboxylic acids is 1. The Kier molecular flexibility index (Phi) is 4.41. The molecule has 4 nitrogen and oxygen atoms in total. The molecular formula is C12H13O4P. The molecule has 0 fully saturated rings. The molecule has 2 unspecified atom stereocenters. The summed E-state index contributed by atoms with van der Waals surface area (Å²) >= 11 is 0. The average Bonchev–Trinajstić information content (AvgIpc) is 2.36. The van der Waals surface area contributed by atoms with E-state index in [4.69, 9.17) is 4.74 Å². The minimum atomic E-state index is -1.68. The summed E-state index contributed by atoms with van der Waals surface area (Å²) in [5, 5.41) is 9.30. The highest BCUT2D eigenvalue weighted by Gasteiger charge is 2.42. The molecule has 0 aliphatic carbocycles. The normalized spacial score (nSPS) is 13.5. The number of carboxylic acids is 1. The number of esters is 1. The van der Waals surface area contributed by atoms with Crippen LogP contribution < -0.4 is 0 Å².